The van der Waals surface area contributed by atoms with Gasteiger partial charge in [0.2, 0.25) is 5.91 Å². The number of nitrogens with zero attached hydrogens (tertiary/aromatic N) is 2. The normalized spacial score (nSPS) is 14.3. The molecule has 4 rings (SSSR count). The van der Waals surface area contributed by atoms with Crippen molar-refractivity contribution in [3.63, 3.8) is 0 Å². The van der Waals surface area contributed by atoms with E-state index >= 15 is 0 Å². The summed E-state index contributed by atoms with van der Waals surface area (Å²) in [7, 11) is 0. The fourth-order valence-electron chi connectivity index (χ4n) is 4.10. The number of non-ortho nitro benzene ring substituents is 1. The van der Waals surface area contributed by atoms with Gasteiger partial charge in [0.05, 0.1) is 28.6 Å². The topological polar surface area (TPSA) is 159 Å². The molecule has 0 aliphatic carbocycles. The zero-order chi connectivity index (χ0) is 30.2. The van der Waals surface area contributed by atoms with Crippen LogP contribution in [0.2, 0.25) is 0 Å². The molecule has 1 aliphatic rings. The number of ether oxygens (including phenoxy) is 3. The second-order valence-electron chi connectivity index (χ2n) is 9.34. The first-order valence-corrected chi connectivity index (χ1v) is 13.0. The number of Topliss-reactive ketones (excluding diaryl/α,β-unsaturated/α-hetero) is 1. The number of amides is 1. The maximum Gasteiger partial charge on any atom is 0.343 e. The molecule has 3 aromatic carbocycles. The monoisotopic (exact) mass is 574 g/mol. The predicted molar refractivity (Wildman–Crippen MR) is 147 cm³/mol. The van der Waals surface area contributed by atoms with Gasteiger partial charge < -0.3 is 19.1 Å². The van der Waals surface area contributed by atoms with Crippen LogP contribution in [0.25, 0.3) is 0 Å². The standard InChI is InChI=1S/C30H26N2O10/c1-2-15-40-28(35)20-3-9-23(10-4-20)31-17-22(16-27(31)34)29(36)41-18-26(33)19-7-13-25(14-8-19)42-30(37)21-5-11-24(12-6-21)32(38)39/h3-14,22H,2,15-18H2,1H3/t22-/m0/s1. The quantitative estimate of drug-likeness (QED) is 0.107. The van der Waals surface area contributed by atoms with E-state index in [0.29, 0.717) is 24.3 Å². The van der Waals surface area contributed by atoms with Crippen molar-refractivity contribution in [3.8, 4) is 5.75 Å². The van der Waals surface area contributed by atoms with Gasteiger partial charge >= 0.3 is 17.9 Å². The smallest absolute Gasteiger partial charge is 0.343 e. The summed E-state index contributed by atoms with van der Waals surface area (Å²) in [6.45, 7) is 1.73. The van der Waals surface area contributed by atoms with E-state index in [-0.39, 0.29) is 41.4 Å². The summed E-state index contributed by atoms with van der Waals surface area (Å²) >= 11 is 0. The molecule has 3 aromatic rings. The van der Waals surface area contributed by atoms with E-state index in [2.05, 4.69) is 0 Å². The molecule has 1 heterocycles. The average molecular weight is 575 g/mol. The van der Waals surface area contributed by atoms with E-state index in [0.717, 1.165) is 0 Å². The highest BCUT2D eigenvalue weighted by atomic mass is 16.6. The number of anilines is 1. The average Bonchev–Trinajstić information content (AvgIpc) is 3.40. The zero-order valence-corrected chi connectivity index (χ0v) is 22.5. The van der Waals surface area contributed by atoms with Crippen molar-refractivity contribution in [1.82, 2.24) is 0 Å². The van der Waals surface area contributed by atoms with Crippen LogP contribution < -0.4 is 9.64 Å². The van der Waals surface area contributed by atoms with Crippen LogP contribution in [0.4, 0.5) is 11.4 Å². The van der Waals surface area contributed by atoms with E-state index in [1.165, 1.54) is 53.4 Å². The number of nitro benzene ring substituents is 1. The third-order valence-electron chi connectivity index (χ3n) is 6.36. The molecule has 0 unspecified atom stereocenters. The van der Waals surface area contributed by atoms with Gasteiger partial charge in [-0.2, -0.15) is 0 Å². The summed E-state index contributed by atoms with van der Waals surface area (Å²) in [5.74, 6) is -3.29. The number of carbonyl (C=O) groups is 5. The molecule has 216 valence electrons. The Labute approximate surface area is 239 Å². The van der Waals surface area contributed by atoms with E-state index in [1.54, 1.807) is 24.3 Å². The lowest BCUT2D eigenvalue weighted by Gasteiger charge is -2.17. The Morgan fingerprint density at radius 3 is 2.07 bits per heavy atom. The lowest BCUT2D eigenvalue weighted by Crippen LogP contribution is -2.27. The van der Waals surface area contributed by atoms with Gasteiger partial charge in [-0.15, -0.1) is 0 Å². The van der Waals surface area contributed by atoms with E-state index in [4.69, 9.17) is 14.2 Å². The molecule has 0 aromatic heterocycles. The van der Waals surface area contributed by atoms with Crippen molar-refractivity contribution in [2.24, 2.45) is 5.92 Å². The SMILES string of the molecule is CCCOC(=O)c1ccc(N2C[C@@H](C(=O)OCC(=O)c3ccc(OC(=O)c4ccc([N+](=O)[O-])cc4)cc3)CC2=O)cc1. The third kappa shape index (κ3) is 7.22. The van der Waals surface area contributed by atoms with Crippen LogP contribution in [-0.4, -0.2) is 54.3 Å². The molecule has 1 atom stereocenters. The summed E-state index contributed by atoms with van der Waals surface area (Å²) in [4.78, 5) is 73.5. The number of esters is 3. The molecule has 42 heavy (non-hydrogen) atoms. The predicted octanol–water partition coefficient (Wildman–Crippen LogP) is 4.16. The molecule has 12 heteroatoms. The first kappa shape index (κ1) is 29.6. The molecule has 12 nitrogen and oxygen atoms in total. The van der Waals surface area contributed by atoms with Crippen molar-refractivity contribution in [1.29, 1.82) is 0 Å². The second kappa shape index (κ2) is 13.3. The highest BCUT2D eigenvalue weighted by Gasteiger charge is 2.36. The molecule has 0 saturated carbocycles. The van der Waals surface area contributed by atoms with Crippen molar-refractivity contribution in [2.75, 3.05) is 24.7 Å². The van der Waals surface area contributed by atoms with Gasteiger partial charge in [-0.25, -0.2) is 9.59 Å². The minimum atomic E-state index is -0.763. The fraction of sp³-hybridized carbons (Fsp3) is 0.233. The summed E-state index contributed by atoms with van der Waals surface area (Å²) in [5, 5.41) is 10.7. The Morgan fingerprint density at radius 1 is 0.857 bits per heavy atom. The summed E-state index contributed by atoms with van der Waals surface area (Å²) < 4.78 is 15.5. The first-order valence-electron chi connectivity index (χ1n) is 13.0. The molecular formula is C30H26N2O10. The Bertz CT molecular complexity index is 1500. The lowest BCUT2D eigenvalue weighted by molar-refractivity contribution is -0.384. The van der Waals surface area contributed by atoms with Gasteiger partial charge in [0.25, 0.3) is 5.69 Å². The van der Waals surface area contributed by atoms with Gasteiger partial charge in [-0.1, -0.05) is 6.92 Å². The minimum absolute atomic E-state index is 0.0698. The van der Waals surface area contributed by atoms with Crippen molar-refractivity contribution < 1.29 is 43.1 Å². The summed E-state index contributed by atoms with van der Waals surface area (Å²) in [5.41, 5.74) is 1.03. The number of carbonyl (C=O) groups excluding carboxylic acids is 5. The number of hydrogen-bond donors (Lipinski definition) is 0. The van der Waals surface area contributed by atoms with Gasteiger partial charge in [0.15, 0.2) is 12.4 Å². The van der Waals surface area contributed by atoms with Crippen LogP contribution in [0.5, 0.6) is 5.75 Å². The van der Waals surface area contributed by atoms with Crippen LogP contribution >= 0.6 is 0 Å². The van der Waals surface area contributed by atoms with Crippen LogP contribution in [0.1, 0.15) is 50.8 Å². The summed E-state index contributed by atoms with van der Waals surface area (Å²) in [6.07, 6.45) is 0.620. The summed E-state index contributed by atoms with van der Waals surface area (Å²) in [6, 6.07) is 16.8. The number of rotatable bonds is 11. The fourth-order valence-corrected chi connectivity index (χ4v) is 4.10. The van der Waals surface area contributed by atoms with Gasteiger partial charge in [0, 0.05) is 36.3 Å². The van der Waals surface area contributed by atoms with Crippen LogP contribution in [0, 0.1) is 16.0 Å². The molecule has 1 amide bonds. The van der Waals surface area contributed by atoms with E-state index in [9.17, 15) is 34.1 Å². The second-order valence-corrected chi connectivity index (χ2v) is 9.34. The number of nitro groups is 1. The van der Waals surface area contributed by atoms with Crippen LogP contribution in [0.3, 0.4) is 0 Å². The first-order chi connectivity index (χ1) is 20.2. The molecule has 1 fully saturated rings. The lowest BCUT2D eigenvalue weighted by atomic mass is 10.1. The van der Waals surface area contributed by atoms with Crippen molar-refractivity contribution >= 4 is 41.0 Å². The number of hydrogen-bond acceptors (Lipinski definition) is 10. The Kier molecular flexibility index (Phi) is 9.38. The van der Waals surface area contributed by atoms with Crippen LogP contribution in [0.15, 0.2) is 72.8 Å². The highest BCUT2D eigenvalue weighted by molar-refractivity contribution is 6.01. The molecule has 1 saturated heterocycles. The number of ketones is 1. The zero-order valence-electron chi connectivity index (χ0n) is 22.5. The highest BCUT2D eigenvalue weighted by Crippen LogP contribution is 2.26. The molecule has 0 bridgehead atoms. The molecule has 0 N–H and O–H groups in total. The van der Waals surface area contributed by atoms with Crippen molar-refractivity contribution in [3.05, 3.63) is 99.6 Å². The molecule has 0 spiro atoms. The molecular weight excluding hydrogens is 548 g/mol. The molecule has 0 radical (unpaired) electrons. The third-order valence-corrected chi connectivity index (χ3v) is 6.36. The van der Waals surface area contributed by atoms with Crippen molar-refractivity contribution in [2.45, 2.75) is 19.8 Å². The number of benzene rings is 3. The van der Waals surface area contributed by atoms with Gasteiger partial charge in [-0.3, -0.25) is 24.5 Å². The Balaban J connectivity index is 1.26. The van der Waals surface area contributed by atoms with Gasteiger partial charge in [0.1, 0.15) is 5.75 Å². The molecule has 1 aliphatic heterocycles. The van der Waals surface area contributed by atoms with E-state index < -0.39 is 41.1 Å². The van der Waals surface area contributed by atoms with Crippen LogP contribution in [-0.2, 0) is 19.1 Å². The van der Waals surface area contributed by atoms with Gasteiger partial charge in [-0.05, 0) is 67.1 Å². The maximum absolute atomic E-state index is 12.6. The van der Waals surface area contributed by atoms with E-state index in [1.807, 2.05) is 6.92 Å². The maximum atomic E-state index is 12.6. The Hall–Kier alpha value is -5.39. The largest absolute Gasteiger partial charge is 0.462 e. The minimum Gasteiger partial charge on any atom is -0.462 e. The Morgan fingerprint density at radius 2 is 1.45 bits per heavy atom.